The lowest BCUT2D eigenvalue weighted by Crippen LogP contribution is -2.12. The van der Waals surface area contributed by atoms with Crippen LogP contribution >= 0.6 is 11.3 Å². The molecule has 6 nitrogen and oxygen atoms in total. The molecule has 0 saturated carbocycles. The van der Waals surface area contributed by atoms with Crippen molar-refractivity contribution in [2.45, 2.75) is 0 Å². The minimum absolute atomic E-state index is 0.132. The molecule has 0 atom stereocenters. The number of nitrogens with zero attached hydrogens (tertiary/aromatic N) is 2. The van der Waals surface area contributed by atoms with Crippen LogP contribution in [0.25, 0.3) is 5.69 Å². The number of rotatable bonds is 4. The SMILES string of the molecule is O=C(O)c1ccc(C(=O)Nc2ccccc2-n2ccnc2)s1. The van der Waals surface area contributed by atoms with E-state index in [1.54, 1.807) is 29.4 Å². The number of imidazole rings is 1. The Hall–Kier alpha value is -2.93. The Bertz CT molecular complexity index is 824. The molecule has 2 aromatic heterocycles. The Balaban J connectivity index is 1.87. The summed E-state index contributed by atoms with van der Waals surface area (Å²) in [6.07, 6.45) is 5.06. The Kier molecular flexibility index (Phi) is 3.71. The summed E-state index contributed by atoms with van der Waals surface area (Å²) in [4.78, 5) is 27.6. The van der Waals surface area contributed by atoms with Crippen LogP contribution < -0.4 is 5.32 Å². The van der Waals surface area contributed by atoms with Crippen molar-refractivity contribution in [1.82, 2.24) is 9.55 Å². The van der Waals surface area contributed by atoms with Gasteiger partial charge in [-0.25, -0.2) is 9.78 Å². The van der Waals surface area contributed by atoms with Gasteiger partial charge >= 0.3 is 5.97 Å². The lowest BCUT2D eigenvalue weighted by molar-refractivity contribution is 0.0702. The first-order valence-electron chi connectivity index (χ1n) is 6.37. The largest absolute Gasteiger partial charge is 0.477 e. The first-order valence-corrected chi connectivity index (χ1v) is 7.18. The van der Waals surface area contributed by atoms with E-state index in [-0.39, 0.29) is 10.8 Å². The summed E-state index contributed by atoms with van der Waals surface area (Å²) >= 11 is 0.941. The van der Waals surface area contributed by atoms with Crippen LogP contribution in [-0.4, -0.2) is 26.5 Å². The quantitative estimate of drug-likeness (QED) is 0.775. The summed E-state index contributed by atoms with van der Waals surface area (Å²) in [6, 6.07) is 10.2. The number of carbonyl (C=O) groups excluding carboxylic acids is 1. The van der Waals surface area contributed by atoms with Gasteiger partial charge in [0.2, 0.25) is 0 Å². The fourth-order valence-corrected chi connectivity index (χ4v) is 2.71. The predicted octanol–water partition coefficient (Wildman–Crippen LogP) is 2.88. The molecule has 2 N–H and O–H groups in total. The highest BCUT2D eigenvalue weighted by Gasteiger charge is 2.14. The van der Waals surface area contributed by atoms with Gasteiger partial charge in [-0.3, -0.25) is 4.79 Å². The predicted molar refractivity (Wildman–Crippen MR) is 82.8 cm³/mol. The summed E-state index contributed by atoms with van der Waals surface area (Å²) in [5, 5.41) is 11.7. The number of aromatic carboxylic acids is 1. The van der Waals surface area contributed by atoms with E-state index in [1.165, 1.54) is 12.1 Å². The maximum atomic E-state index is 12.3. The average molecular weight is 313 g/mol. The van der Waals surface area contributed by atoms with Crippen molar-refractivity contribution < 1.29 is 14.7 Å². The first kappa shape index (κ1) is 14.0. The maximum Gasteiger partial charge on any atom is 0.345 e. The van der Waals surface area contributed by atoms with Gasteiger partial charge < -0.3 is 15.0 Å². The van der Waals surface area contributed by atoms with Crippen LogP contribution in [0.1, 0.15) is 19.3 Å². The molecule has 2 heterocycles. The molecular weight excluding hydrogens is 302 g/mol. The lowest BCUT2D eigenvalue weighted by atomic mass is 10.2. The van der Waals surface area contributed by atoms with E-state index in [4.69, 9.17) is 5.11 Å². The third kappa shape index (κ3) is 2.75. The Morgan fingerprint density at radius 3 is 2.59 bits per heavy atom. The van der Waals surface area contributed by atoms with E-state index in [9.17, 15) is 9.59 Å². The maximum absolute atomic E-state index is 12.3. The highest BCUT2D eigenvalue weighted by Crippen LogP contribution is 2.22. The van der Waals surface area contributed by atoms with E-state index in [0.717, 1.165) is 17.0 Å². The van der Waals surface area contributed by atoms with Gasteiger partial charge in [0.15, 0.2) is 0 Å². The molecule has 7 heteroatoms. The fraction of sp³-hybridized carbons (Fsp3) is 0. The van der Waals surface area contributed by atoms with E-state index in [0.29, 0.717) is 10.6 Å². The molecule has 3 aromatic rings. The van der Waals surface area contributed by atoms with Crippen LogP contribution in [0.3, 0.4) is 0 Å². The second-order valence-corrected chi connectivity index (χ2v) is 5.49. The number of carbonyl (C=O) groups is 2. The molecule has 0 bridgehead atoms. The standard InChI is InChI=1S/C15H11N3O3S/c19-14(12-5-6-13(22-12)15(20)21)17-10-3-1-2-4-11(10)18-8-7-16-9-18/h1-9H,(H,17,19)(H,20,21). The Morgan fingerprint density at radius 1 is 1.14 bits per heavy atom. The van der Waals surface area contributed by atoms with Crippen molar-refractivity contribution in [1.29, 1.82) is 0 Å². The topological polar surface area (TPSA) is 84.2 Å². The van der Waals surface area contributed by atoms with Crippen LogP contribution in [0.15, 0.2) is 55.1 Å². The van der Waals surface area contributed by atoms with E-state index in [1.807, 2.05) is 18.2 Å². The number of amides is 1. The molecule has 0 aliphatic rings. The molecule has 0 aliphatic carbocycles. The highest BCUT2D eigenvalue weighted by molar-refractivity contribution is 7.15. The van der Waals surface area contributed by atoms with Crippen molar-refractivity contribution >= 4 is 28.9 Å². The van der Waals surface area contributed by atoms with Crippen LogP contribution in [0, 0.1) is 0 Å². The third-order valence-corrected chi connectivity index (χ3v) is 4.05. The normalized spacial score (nSPS) is 10.4. The van der Waals surface area contributed by atoms with E-state index >= 15 is 0 Å². The van der Waals surface area contributed by atoms with Crippen LogP contribution in [0.5, 0.6) is 0 Å². The molecule has 22 heavy (non-hydrogen) atoms. The van der Waals surface area contributed by atoms with Gasteiger partial charge in [0.25, 0.3) is 5.91 Å². The van der Waals surface area contributed by atoms with Gasteiger partial charge in [0.1, 0.15) is 4.88 Å². The molecule has 0 unspecified atom stereocenters. The monoisotopic (exact) mass is 313 g/mol. The summed E-state index contributed by atoms with van der Waals surface area (Å²) in [6.45, 7) is 0. The summed E-state index contributed by atoms with van der Waals surface area (Å²) in [7, 11) is 0. The number of thiophene rings is 1. The minimum Gasteiger partial charge on any atom is -0.477 e. The molecule has 1 aromatic carbocycles. The molecule has 3 rings (SSSR count). The van der Waals surface area contributed by atoms with Gasteiger partial charge in [-0.1, -0.05) is 12.1 Å². The van der Waals surface area contributed by atoms with Crippen LogP contribution in [-0.2, 0) is 0 Å². The molecule has 110 valence electrons. The molecular formula is C15H11N3O3S. The molecule has 1 amide bonds. The smallest absolute Gasteiger partial charge is 0.345 e. The van der Waals surface area contributed by atoms with Crippen LogP contribution in [0.4, 0.5) is 5.69 Å². The van der Waals surface area contributed by atoms with Crippen LogP contribution in [0.2, 0.25) is 0 Å². The lowest BCUT2D eigenvalue weighted by Gasteiger charge is -2.10. The second kappa shape index (κ2) is 5.82. The summed E-state index contributed by atoms with van der Waals surface area (Å²) in [5.74, 6) is -1.38. The number of carboxylic acids is 1. The number of nitrogens with one attached hydrogen (secondary N) is 1. The average Bonchev–Trinajstić information content (AvgIpc) is 3.19. The van der Waals surface area contributed by atoms with Gasteiger partial charge in [0, 0.05) is 12.4 Å². The number of hydrogen-bond acceptors (Lipinski definition) is 4. The number of aromatic nitrogens is 2. The zero-order valence-corrected chi connectivity index (χ0v) is 12.1. The number of para-hydroxylation sites is 2. The van der Waals surface area contributed by atoms with Crippen molar-refractivity contribution in [3.05, 3.63) is 64.9 Å². The van der Waals surface area contributed by atoms with E-state index < -0.39 is 5.97 Å². The molecule has 0 spiro atoms. The Labute approximate surface area is 129 Å². The van der Waals surface area contributed by atoms with Gasteiger partial charge in [0.05, 0.1) is 22.6 Å². The highest BCUT2D eigenvalue weighted by atomic mass is 32.1. The van der Waals surface area contributed by atoms with Crippen molar-refractivity contribution in [2.24, 2.45) is 0 Å². The van der Waals surface area contributed by atoms with E-state index in [2.05, 4.69) is 10.3 Å². The number of carboxylic acid groups (broad SMARTS) is 1. The minimum atomic E-state index is -1.04. The van der Waals surface area contributed by atoms with Gasteiger partial charge in [-0.15, -0.1) is 11.3 Å². The zero-order chi connectivity index (χ0) is 15.5. The number of hydrogen-bond donors (Lipinski definition) is 2. The number of anilines is 1. The van der Waals surface area contributed by atoms with Crippen molar-refractivity contribution in [2.75, 3.05) is 5.32 Å². The molecule has 0 saturated heterocycles. The number of benzene rings is 1. The fourth-order valence-electron chi connectivity index (χ4n) is 1.96. The molecule has 0 radical (unpaired) electrons. The Morgan fingerprint density at radius 2 is 1.91 bits per heavy atom. The van der Waals surface area contributed by atoms with Crippen molar-refractivity contribution in [3.8, 4) is 5.69 Å². The zero-order valence-electron chi connectivity index (χ0n) is 11.3. The van der Waals surface area contributed by atoms with Gasteiger partial charge in [-0.05, 0) is 24.3 Å². The summed E-state index contributed by atoms with van der Waals surface area (Å²) < 4.78 is 1.78. The molecule has 0 fully saturated rings. The van der Waals surface area contributed by atoms with Gasteiger partial charge in [-0.2, -0.15) is 0 Å². The second-order valence-electron chi connectivity index (χ2n) is 4.41. The first-order chi connectivity index (χ1) is 10.6. The third-order valence-electron chi connectivity index (χ3n) is 2.98. The summed E-state index contributed by atoms with van der Waals surface area (Å²) in [5.41, 5.74) is 1.40. The molecule has 0 aliphatic heterocycles. The van der Waals surface area contributed by atoms with Crippen molar-refractivity contribution in [3.63, 3.8) is 0 Å².